The highest BCUT2D eigenvalue weighted by Crippen LogP contribution is 2.68. The molecular weight excluding hydrogens is 670 g/mol. The van der Waals surface area contributed by atoms with E-state index in [1.807, 2.05) is 0 Å². The van der Waals surface area contributed by atoms with Crippen molar-refractivity contribution >= 4 is 14.5 Å². The Hall–Kier alpha value is 0.1000. The van der Waals surface area contributed by atoms with Crippen LogP contribution < -0.4 is 34.0 Å². The minimum Gasteiger partial charge on any atom is -1.00 e. The van der Waals surface area contributed by atoms with Crippen molar-refractivity contribution < 1.29 is 52.9 Å². The number of benzene rings is 2. The van der Waals surface area contributed by atoms with Gasteiger partial charge in [0.1, 0.15) is 0 Å². The molecule has 0 N–H and O–H groups in total. The number of hydrogen-bond acceptors (Lipinski definition) is 4. The first-order chi connectivity index (χ1) is 18.6. The van der Waals surface area contributed by atoms with Gasteiger partial charge in [-0.2, -0.15) is 0 Å². The van der Waals surface area contributed by atoms with Gasteiger partial charge in [0.2, 0.25) is 0 Å². The van der Waals surface area contributed by atoms with E-state index in [0.29, 0.717) is 0 Å². The number of rotatable bonds is 23. The summed E-state index contributed by atoms with van der Waals surface area (Å²) in [6.45, 7) is 15.0. The molecule has 0 aliphatic carbocycles. The maximum atomic E-state index is 5.98. The van der Waals surface area contributed by atoms with E-state index in [1.54, 1.807) is 0 Å². The predicted octanol–water partition coefficient (Wildman–Crippen LogP) is 1.58. The quantitative estimate of drug-likeness (QED) is 0.129. The zero-order valence-corrected chi connectivity index (χ0v) is 30.3. The molecule has 0 amide bonds. The van der Waals surface area contributed by atoms with Crippen molar-refractivity contribution in [1.82, 2.24) is 0 Å². The largest absolute Gasteiger partial charge is 1.00 e. The third-order valence-electron chi connectivity index (χ3n) is 7.43. The van der Waals surface area contributed by atoms with Gasteiger partial charge in [0.05, 0.1) is 75.7 Å². The van der Waals surface area contributed by atoms with E-state index in [2.05, 4.69) is 88.4 Å². The molecule has 0 heterocycles. The molecular formula is C32H54Br2O4P2. The first-order valence-corrected chi connectivity index (χ1v) is 19.8. The van der Waals surface area contributed by atoms with Crippen LogP contribution in [0.3, 0.4) is 0 Å². The summed E-state index contributed by atoms with van der Waals surface area (Å²) < 4.78 is 23.9. The summed E-state index contributed by atoms with van der Waals surface area (Å²) in [4.78, 5) is 0. The molecule has 0 atom stereocenters. The second-order valence-corrected chi connectivity index (χ2v) is 18.8. The molecule has 4 nitrogen and oxygen atoms in total. The second kappa shape index (κ2) is 24.5. The smallest absolute Gasteiger partial charge is 0.0934 e. The minimum atomic E-state index is -1.36. The van der Waals surface area contributed by atoms with Crippen LogP contribution in [0.4, 0.5) is 0 Å². The maximum absolute atomic E-state index is 5.98. The Morgan fingerprint density at radius 1 is 0.425 bits per heavy atom. The Balaban J connectivity index is 0.00000760. The molecule has 0 spiro atoms. The van der Waals surface area contributed by atoms with E-state index in [4.69, 9.17) is 18.9 Å². The summed E-state index contributed by atoms with van der Waals surface area (Å²) in [5.74, 6) is 0. The zero-order chi connectivity index (χ0) is 27.4. The van der Waals surface area contributed by atoms with Crippen LogP contribution in [0.1, 0.15) is 38.8 Å². The van der Waals surface area contributed by atoms with E-state index >= 15 is 0 Å². The topological polar surface area (TPSA) is 36.9 Å². The molecule has 2 rings (SSSR count). The molecule has 0 saturated heterocycles. The van der Waals surface area contributed by atoms with Crippen molar-refractivity contribution in [2.75, 3.05) is 89.8 Å². The predicted molar refractivity (Wildman–Crippen MR) is 169 cm³/mol. The summed E-state index contributed by atoms with van der Waals surface area (Å²) in [5, 5.41) is 0. The monoisotopic (exact) mass is 722 g/mol. The lowest BCUT2D eigenvalue weighted by atomic mass is 10.2. The molecule has 0 fully saturated rings. The van der Waals surface area contributed by atoms with E-state index in [0.717, 1.165) is 52.9 Å². The van der Waals surface area contributed by atoms with Gasteiger partial charge in [0.15, 0.2) is 0 Å². The van der Waals surface area contributed by atoms with Gasteiger partial charge >= 0.3 is 0 Å². The van der Waals surface area contributed by atoms with Crippen LogP contribution in [-0.4, -0.2) is 89.8 Å². The van der Waals surface area contributed by atoms with Crippen LogP contribution in [0.5, 0.6) is 0 Å². The minimum absolute atomic E-state index is 0. The highest BCUT2D eigenvalue weighted by Gasteiger charge is 2.44. The van der Waals surface area contributed by atoms with Gasteiger partial charge in [-0.05, 0) is 38.8 Å². The maximum Gasteiger partial charge on any atom is 0.0934 e. The summed E-state index contributed by atoms with van der Waals surface area (Å²) >= 11 is 0. The Morgan fingerprint density at radius 2 is 0.700 bits per heavy atom. The number of ether oxygens (including phenoxy) is 4. The Kier molecular flexibility index (Phi) is 24.6. The first kappa shape index (κ1) is 40.1. The van der Waals surface area contributed by atoms with Crippen molar-refractivity contribution in [1.29, 1.82) is 0 Å². The molecule has 0 radical (unpaired) electrons. The van der Waals surface area contributed by atoms with Gasteiger partial charge < -0.3 is 52.9 Å². The Bertz CT molecular complexity index is 741. The molecule has 0 bridgehead atoms. The summed E-state index contributed by atoms with van der Waals surface area (Å²) in [6, 6.07) is 22.2. The first-order valence-electron chi connectivity index (χ1n) is 14.7. The van der Waals surface area contributed by atoms with Gasteiger partial charge in [-0.25, -0.2) is 0 Å². The van der Waals surface area contributed by atoms with Crippen molar-refractivity contribution in [2.24, 2.45) is 0 Å². The fourth-order valence-corrected chi connectivity index (χ4v) is 14.8. The van der Waals surface area contributed by atoms with E-state index < -0.39 is 14.5 Å². The van der Waals surface area contributed by atoms with E-state index in [-0.39, 0.29) is 34.0 Å². The molecule has 0 saturated carbocycles. The van der Waals surface area contributed by atoms with Crippen molar-refractivity contribution in [3.63, 3.8) is 0 Å². The van der Waals surface area contributed by atoms with Gasteiger partial charge in [0, 0.05) is 41.0 Å². The van der Waals surface area contributed by atoms with Crippen LogP contribution in [0.15, 0.2) is 60.7 Å². The average molecular weight is 725 g/mol. The lowest BCUT2D eigenvalue weighted by molar-refractivity contribution is -0.001000. The highest BCUT2D eigenvalue weighted by atomic mass is 79.9. The molecule has 8 heteroatoms. The number of hydrogen-bond donors (Lipinski definition) is 0. The van der Waals surface area contributed by atoms with Crippen LogP contribution in [0.2, 0.25) is 0 Å². The molecule has 0 unspecified atom stereocenters. The van der Waals surface area contributed by atoms with Gasteiger partial charge in [0.25, 0.3) is 0 Å². The van der Waals surface area contributed by atoms with Gasteiger partial charge in [-0.1, -0.05) is 60.7 Å². The Morgan fingerprint density at radius 3 is 0.950 bits per heavy atom. The molecule has 40 heavy (non-hydrogen) atoms. The standard InChI is InChI=1S/C32H54O4P2.2BrH/c1-5-33-19-23-37(24-20-34-6-2,29-31-15-11-9-12-16-31)27-28-38(25-21-35-7-3,26-22-36-8-4)30-32-17-13-10-14-18-32;;/h9-18H,5-8,19-30H2,1-4H3;2*1H/q+2;;/p-2. The van der Waals surface area contributed by atoms with Crippen molar-refractivity contribution in [3.8, 4) is 0 Å². The van der Waals surface area contributed by atoms with E-state index in [1.165, 1.54) is 60.4 Å². The molecule has 230 valence electrons. The fraction of sp³-hybridized carbons (Fsp3) is 0.625. The van der Waals surface area contributed by atoms with Gasteiger partial charge in [-0.15, -0.1) is 0 Å². The van der Waals surface area contributed by atoms with E-state index in [9.17, 15) is 0 Å². The SMILES string of the molecule is CCOCC[P+](CCOCC)(CC[P+](CCOCC)(CCOCC)Cc1ccccc1)Cc1ccccc1.[Br-].[Br-]. The lowest BCUT2D eigenvalue weighted by Gasteiger charge is -2.33. The van der Waals surface area contributed by atoms with Gasteiger partial charge in [-0.3, -0.25) is 0 Å². The van der Waals surface area contributed by atoms with Crippen LogP contribution >= 0.6 is 14.5 Å². The highest BCUT2D eigenvalue weighted by molar-refractivity contribution is 7.79. The third kappa shape index (κ3) is 16.1. The normalized spacial score (nSPS) is 11.6. The van der Waals surface area contributed by atoms with Crippen molar-refractivity contribution in [2.45, 2.75) is 40.0 Å². The Labute approximate surface area is 267 Å². The molecule has 2 aromatic rings. The zero-order valence-electron chi connectivity index (χ0n) is 25.4. The average Bonchev–Trinajstić information content (AvgIpc) is 2.94. The van der Waals surface area contributed by atoms with Crippen LogP contribution in [-0.2, 0) is 31.3 Å². The van der Waals surface area contributed by atoms with Crippen molar-refractivity contribution in [3.05, 3.63) is 71.8 Å². The lowest BCUT2D eigenvalue weighted by Crippen LogP contribution is -3.00. The molecule has 2 aromatic carbocycles. The molecule has 0 aliphatic heterocycles. The molecule has 0 aliphatic rings. The summed E-state index contributed by atoms with van der Waals surface area (Å²) in [7, 11) is -2.72. The fourth-order valence-electron chi connectivity index (χ4n) is 5.12. The summed E-state index contributed by atoms with van der Waals surface area (Å²) in [6.07, 6.45) is 9.63. The number of halogens is 2. The second-order valence-electron chi connectivity index (χ2n) is 10.1. The molecule has 0 aromatic heterocycles. The van der Waals surface area contributed by atoms with Crippen LogP contribution in [0, 0.1) is 0 Å². The summed E-state index contributed by atoms with van der Waals surface area (Å²) in [5.41, 5.74) is 2.92. The van der Waals surface area contributed by atoms with Crippen LogP contribution in [0.25, 0.3) is 0 Å². The third-order valence-corrected chi connectivity index (χ3v) is 16.7.